The van der Waals surface area contributed by atoms with E-state index < -0.39 is 0 Å². The fraction of sp³-hybridized carbons (Fsp3) is 0.615. The number of carbonyl (C=O) groups is 3. The molecule has 0 aromatic rings. The van der Waals surface area contributed by atoms with Crippen molar-refractivity contribution < 1.29 is 19.1 Å². The second-order valence-corrected chi connectivity index (χ2v) is 5.22. The summed E-state index contributed by atoms with van der Waals surface area (Å²) in [6.45, 7) is 6.76. The Morgan fingerprint density at radius 3 is 2.37 bits per heavy atom. The summed E-state index contributed by atoms with van der Waals surface area (Å²) in [6.07, 6.45) is 2.52. The van der Waals surface area contributed by atoms with Crippen molar-refractivity contribution in [3.05, 3.63) is 12.2 Å². The number of carbonyl (C=O) groups excluding carboxylic acids is 3. The van der Waals surface area contributed by atoms with E-state index in [2.05, 4.69) is 5.32 Å². The van der Waals surface area contributed by atoms with Gasteiger partial charge in [-0.25, -0.2) is 0 Å². The van der Waals surface area contributed by atoms with Gasteiger partial charge >= 0.3 is 0 Å². The Kier molecular flexibility index (Phi) is 5.23. The highest BCUT2D eigenvalue weighted by Crippen LogP contribution is 2.05. The Morgan fingerprint density at radius 2 is 1.84 bits per heavy atom. The van der Waals surface area contributed by atoms with Crippen LogP contribution >= 0.6 is 0 Å². The fourth-order valence-corrected chi connectivity index (χ4v) is 1.50. The summed E-state index contributed by atoms with van der Waals surface area (Å²) in [4.78, 5) is 35.0. The standard InChI is InChI=1S/C13H20N2O4/c1-13(2,3)19-9-7-14-10(16)6-8-15-11(17)4-5-12(15)18/h4-5H,6-9H2,1-3H3,(H,14,16). The molecule has 1 rings (SSSR count). The van der Waals surface area contributed by atoms with Gasteiger partial charge in [0.2, 0.25) is 5.91 Å². The molecule has 0 saturated carbocycles. The topological polar surface area (TPSA) is 75.7 Å². The number of hydrogen-bond donors (Lipinski definition) is 1. The molecule has 0 fully saturated rings. The number of ether oxygens (including phenoxy) is 1. The van der Waals surface area contributed by atoms with Gasteiger partial charge in [-0.3, -0.25) is 19.3 Å². The van der Waals surface area contributed by atoms with Crippen molar-refractivity contribution in [3.8, 4) is 0 Å². The summed E-state index contributed by atoms with van der Waals surface area (Å²) in [7, 11) is 0. The average molecular weight is 268 g/mol. The largest absolute Gasteiger partial charge is 0.374 e. The van der Waals surface area contributed by atoms with Gasteiger partial charge in [-0.2, -0.15) is 0 Å². The Labute approximate surface area is 112 Å². The first-order valence-corrected chi connectivity index (χ1v) is 6.24. The molecule has 0 atom stereocenters. The minimum absolute atomic E-state index is 0.106. The highest BCUT2D eigenvalue weighted by atomic mass is 16.5. The van der Waals surface area contributed by atoms with Gasteiger partial charge in [-0.15, -0.1) is 0 Å². The normalized spacial score (nSPS) is 15.2. The molecule has 1 heterocycles. The van der Waals surface area contributed by atoms with E-state index >= 15 is 0 Å². The number of rotatable bonds is 6. The molecule has 1 aliphatic heterocycles. The molecule has 1 aliphatic rings. The lowest BCUT2D eigenvalue weighted by molar-refractivity contribution is -0.137. The van der Waals surface area contributed by atoms with Crippen LogP contribution < -0.4 is 5.32 Å². The molecule has 19 heavy (non-hydrogen) atoms. The monoisotopic (exact) mass is 268 g/mol. The summed E-state index contributed by atoms with van der Waals surface area (Å²) >= 11 is 0. The van der Waals surface area contributed by atoms with Crippen molar-refractivity contribution in [2.45, 2.75) is 32.8 Å². The summed E-state index contributed by atoms with van der Waals surface area (Å²) in [5.74, 6) is -0.937. The third kappa shape index (κ3) is 5.65. The molecule has 0 radical (unpaired) electrons. The predicted molar refractivity (Wildman–Crippen MR) is 69.2 cm³/mol. The lowest BCUT2D eigenvalue weighted by Crippen LogP contribution is -2.36. The second kappa shape index (κ2) is 6.47. The first kappa shape index (κ1) is 15.4. The van der Waals surface area contributed by atoms with Crippen LogP contribution in [0.15, 0.2) is 12.2 Å². The lowest BCUT2D eigenvalue weighted by Gasteiger charge is -2.19. The summed E-state index contributed by atoms with van der Waals surface area (Å²) in [5.41, 5.74) is -0.231. The van der Waals surface area contributed by atoms with Crippen molar-refractivity contribution in [2.24, 2.45) is 0 Å². The summed E-state index contributed by atoms with van der Waals surface area (Å²) in [6, 6.07) is 0. The first-order valence-electron chi connectivity index (χ1n) is 6.24. The van der Waals surface area contributed by atoms with Crippen LogP contribution in [0.4, 0.5) is 0 Å². The van der Waals surface area contributed by atoms with E-state index in [1.807, 2.05) is 20.8 Å². The van der Waals surface area contributed by atoms with Gasteiger partial charge in [0.1, 0.15) is 0 Å². The molecule has 1 N–H and O–H groups in total. The van der Waals surface area contributed by atoms with Crippen molar-refractivity contribution >= 4 is 17.7 Å². The zero-order chi connectivity index (χ0) is 14.5. The van der Waals surface area contributed by atoms with Gasteiger partial charge < -0.3 is 10.1 Å². The van der Waals surface area contributed by atoms with Crippen LogP contribution in [0.1, 0.15) is 27.2 Å². The maximum absolute atomic E-state index is 11.5. The van der Waals surface area contributed by atoms with Crippen LogP contribution in [-0.2, 0) is 19.1 Å². The number of nitrogens with zero attached hydrogens (tertiary/aromatic N) is 1. The van der Waals surface area contributed by atoms with E-state index in [4.69, 9.17) is 4.74 Å². The van der Waals surface area contributed by atoms with Crippen molar-refractivity contribution in [2.75, 3.05) is 19.7 Å². The van der Waals surface area contributed by atoms with Crippen LogP contribution in [0.25, 0.3) is 0 Å². The van der Waals surface area contributed by atoms with Gasteiger partial charge in [0.25, 0.3) is 11.8 Å². The van der Waals surface area contributed by atoms with Gasteiger partial charge in [0.05, 0.1) is 12.2 Å². The third-order valence-corrected chi connectivity index (χ3v) is 2.42. The van der Waals surface area contributed by atoms with Crippen LogP contribution in [0.2, 0.25) is 0 Å². The lowest BCUT2D eigenvalue weighted by atomic mass is 10.2. The molecule has 0 bridgehead atoms. The molecular weight excluding hydrogens is 248 g/mol. The molecule has 0 spiro atoms. The molecule has 6 heteroatoms. The minimum atomic E-state index is -0.367. The van der Waals surface area contributed by atoms with Crippen LogP contribution in [-0.4, -0.2) is 47.9 Å². The Bertz CT molecular complexity index is 378. The van der Waals surface area contributed by atoms with E-state index in [-0.39, 0.29) is 36.3 Å². The highest BCUT2D eigenvalue weighted by Gasteiger charge is 2.23. The van der Waals surface area contributed by atoms with Gasteiger partial charge in [-0.1, -0.05) is 0 Å². The Hall–Kier alpha value is -1.69. The Morgan fingerprint density at radius 1 is 1.26 bits per heavy atom. The van der Waals surface area contributed by atoms with Crippen LogP contribution in [0.5, 0.6) is 0 Å². The maximum Gasteiger partial charge on any atom is 0.253 e. The molecular formula is C13H20N2O4. The fourth-order valence-electron chi connectivity index (χ4n) is 1.50. The smallest absolute Gasteiger partial charge is 0.253 e. The molecule has 0 aromatic heterocycles. The van der Waals surface area contributed by atoms with Crippen LogP contribution in [0.3, 0.4) is 0 Å². The molecule has 0 unspecified atom stereocenters. The van der Waals surface area contributed by atoms with E-state index in [9.17, 15) is 14.4 Å². The SMILES string of the molecule is CC(C)(C)OCCNC(=O)CCN1C(=O)C=CC1=O. The van der Waals surface area contributed by atoms with Crippen molar-refractivity contribution in [3.63, 3.8) is 0 Å². The summed E-state index contributed by atoms with van der Waals surface area (Å²) < 4.78 is 5.45. The second-order valence-electron chi connectivity index (χ2n) is 5.22. The predicted octanol–water partition coefficient (Wildman–Crippen LogP) is 0.233. The quantitative estimate of drug-likeness (QED) is 0.553. The van der Waals surface area contributed by atoms with Crippen molar-refractivity contribution in [1.82, 2.24) is 10.2 Å². The van der Waals surface area contributed by atoms with E-state index in [0.717, 1.165) is 4.90 Å². The van der Waals surface area contributed by atoms with E-state index in [0.29, 0.717) is 13.2 Å². The zero-order valence-corrected chi connectivity index (χ0v) is 11.6. The molecule has 3 amide bonds. The minimum Gasteiger partial charge on any atom is -0.374 e. The van der Waals surface area contributed by atoms with E-state index in [1.54, 1.807) is 0 Å². The van der Waals surface area contributed by atoms with Crippen LogP contribution in [0, 0.1) is 0 Å². The molecule has 6 nitrogen and oxygen atoms in total. The zero-order valence-electron chi connectivity index (χ0n) is 11.6. The maximum atomic E-state index is 11.5. The molecule has 0 aromatic carbocycles. The third-order valence-electron chi connectivity index (χ3n) is 2.42. The number of amides is 3. The highest BCUT2D eigenvalue weighted by molar-refractivity contribution is 6.13. The Balaban J connectivity index is 2.15. The number of hydrogen-bond acceptors (Lipinski definition) is 4. The van der Waals surface area contributed by atoms with Gasteiger partial charge in [0, 0.05) is 31.7 Å². The average Bonchev–Trinajstić information content (AvgIpc) is 2.61. The van der Waals surface area contributed by atoms with E-state index in [1.165, 1.54) is 12.2 Å². The molecule has 0 aliphatic carbocycles. The molecule has 0 saturated heterocycles. The summed E-state index contributed by atoms with van der Waals surface area (Å²) in [5, 5.41) is 2.68. The number of nitrogens with one attached hydrogen (secondary N) is 1. The van der Waals surface area contributed by atoms with Gasteiger partial charge in [-0.05, 0) is 20.8 Å². The van der Waals surface area contributed by atoms with Crippen molar-refractivity contribution in [1.29, 1.82) is 0 Å². The first-order chi connectivity index (χ1) is 8.79. The number of imide groups is 1. The van der Waals surface area contributed by atoms with Gasteiger partial charge in [0.15, 0.2) is 0 Å². The molecule has 106 valence electrons.